The number of nitrogens with one attached hydrogen (secondary N) is 1. The van der Waals surface area contributed by atoms with Crippen LogP contribution >= 0.6 is 0 Å². The monoisotopic (exact) mass is 352 g/mol. The molecule has 3 N–H and O–H groups in total. The van der Waals surface area contributed by atoms with Crippen LogP contribution in [0, 0.1) is 5.92 Å². The standard InChI is InChI=1S/C21H24N2O3/c22-17(14-4-2-1-3-5-14)13-20(24)23-21(15-6-7-15)16-8-9-18-19(12-16)26-11-10-25-18/h1-5,8-9,12,15,17,21H,6-7,10-11,13,22H2,(H,23,24). The van der Waals surface area contributed by atoms with Crippen molar-refractivity contribution in [2.24, 2.45) is 11.7 Å². The second kappa shape index (κ2) is 7.38. The van der Waals surface area contributed by atoms with Gasteiger partial charge in [0.05, 0.1) is 6.04 Å². The van der Waals surface area contributed by atoms with Gasteiger partial charge in [-0.1, -0.05) is 36.4 Å². The molecule has 5 nitrogen and oxygen atoms in total. The van der Waals surface area contributed by atoms with Gasteiger partial charge < -0.3 is 20.5 Å². The number of ether oxygens (including phenoxy) is 2. The molecule has 2 unspecified atom stereocenters. The highest BCUT2D eigenvalue weighted by Crippen LogP contribution is 2.43. The van der Waals surface area contributed by atoms with Crippen LogP contribution < -0.4 is 20.5 Å². The lowest BCUT2D eigenvalue weighted by atomic mass is 10.00. The smallest absolute Gasteiger partial charge is 0.222 e. The maximum atomic E-state index is 12.6. The Labute approximate surface area is 153 Å². The number of rotatable bonds is 6. The Morgan fingerprint density at radius 2 is 1.77 bits per heavy atom. The first-order valence-corrected chi connectivity index (χ1v) is 9.20. The summed E-state index contributed by atoms with van der Waals surface area (Å²) >= 11 is 0. The van der Waals surface area contributed by atoms with Crippen molar-refractivity contribution in [1.29, 1.82) is 0 Å². The van der Waals surface area contributed by atoms with Gasteiger partial charge in [0, 0.05) is 12.5 Å². The van der Waals surface area contributed by atoms with Crippen LogP contribution in [0.15, 0.2) is 48.5 Å². The molecule has 1 fully saturated rings. The first kappa shape index (κ1) is 16.9. The Hall–Kier alpha value is -2.53. The van der Waals surface area contributed by atoms with E-state index >= 15 is 0 Å². The summed E-state index contributed by atoms with van der Waals surface area (Å²) in [6.45, 7) is 1.13. The third kappa shape index (κ3) is 3.83. The Bertz CT molecular complexity index is 774. The van der Waals surface area contributed by atoms with Gasteiger partial charge in [-0.2, -0.15) is 0 Å². The number of hydrogen-bond acceptors (Lipinski definition) is 4. The molecule has 0 aromatic heterocycles. The number of benzene rings is 2. The molecular formula is C21H24N2O3. The Morgan fingerprint density at radius 1 is 1.04 bits per heavy atom. The number of carbonyl (C=O) groups is 1. The highest BCUT2D eigenvalue weighted by molar-refractivity contribution is 5.77. The van der Waals surface area contributed by atoms with Crippen LogP contribution in [0.3, 0.4) is 0 Å². The fourth-order valence-electron chi connectivity index (χ4n) is 3.41. The molecule has 0 bridgehead atoms. The van der Waals surface area contributed by atoms with Gasteiger partial charge in [0.1, 0.15) is 13.2 Å². The summed E-state index contributed by atoms with van der Waals surface area (Å²) in [6, 6.07) is 15.4. The first-order chi connectivity index (χ1) is 12.7. The summed E-state index contributed by atoms with van der Waals surface area (Å²) < 4.78 is 11.3. The molecule has 2 aliphatic rings. The molecule has 1 aliphatic heterocycles. The van der Waals surface area contributed by atoms with E-state index in [4.69, 9.17) is 15.2 Å². The minimum Gasteiger partial charge on any atom is -0.486 e. The second-order valence-corrected chi connectivity index (χ2v) is 7.01. The maximum Gasteiger partial charge on any atom is 0.222 e. The zero-order valence-corrected chi connectivity index (χ0v) is 14.7. The van der Waals surface area contributed by atoms with Crippen molar-refractivity contribution >= 4 is 5.91 Å². The van der Waals surface area contributed by atoms with Crippen LogP contribution in [0.1, 0.15) is 42.5 Å². The average molecular weight is 352 g/mol. The van der Waals surface area contributed by atoms with Crippen LogP contribution in [0.2, 0.25) is 0 Å². The van der Waals surface area contributed by atoms with Crippen molar-refractivity contribution in [3.8, 4) is 11.5 Å². The number of fused-ring (bicyclic) bond motifs is 1. The Morgan fingerprint density at radius 3 is 2.50 bits per heavy atom. The number of amides is 1. The fraction of sp³-hybridized carbons (Fsp3) is 0.381. The molecule has 4 rings (SSSR count). The number of nitrogens with two attached hydrogens (primary N) is 1. The summed E-state index contributed by atoms with van der Waals surface area (Å²) in [4.78, 5) is 12.6. The van der Waals surface area contributed by atoms with E-state index in [9.17, 15) is 4.79 Å². The second-order valence-electron chi connectivity index (χ2n) is 7.01. The van der Waals surface area contributed by atoms with Crippen molar-refractivity contribution in [2.45, 2.75) is 31.3 Å². The molecule has 1 saturated carbocycles. The molecule has 2 aromatic carbocycles. The van der Waals surface area contributed by atoms with Gasteiger partial charge in [-0.05, 0) is 42.0 Å². The number of carbonyl (C=O) groups excluding carboxylic acids is 1. The minimum atomic E-state index is -0.295. The normalized spacial score (nSPS) is 18.0. The lowest BCUT2D eigenvalue weighted by Crippen LogP contribution is -2.32. The van der Waals surface area contributed by atoms with E-state index in [1.54, 1.807) is 0 Å². The maximum absolute atomic E-state index is 12.6. The van der Waals surface area contributed by atoms with Crippen LogP contribution in [0.25, 0.3) is 0 Å². The summed E-state index contributed by atoms with van der Waals surface area (Å²) in [5.41, 5.74) is 8.24. The lowest BCUT2D eigenvalue weighted by molar-refractivity contribution is -0.122. The highest BCUT2D eigenvalue weighted by atomic mass is 16.6. The first-order valence-electron chi connectivity index (χ1n) is 9.20. The summed E-state index contributed by atoms with van der Waals surface area (Å²) in [6.07, 6.45) is 2.53. The Balaban J connectivity index is 1.45. The molecule has 1 amide bonds. The van der Waals surface area contributed by atoms with Gasteiger partial charge in [-0.25, -0.2) is 0 Å². The van der Waals surface area contributed by atoms with E-state index in [1.165, 1.54) is 0 Å². The summed E-state index contributed by atoms with van der Waals surface area (Å²) in [7, 11) is 0. The lowest BCUT2D eigenvalue weighted by Gasteiger charge is -2.23. The third-order valence-corrected chi connectivity index (χ3v) is 4.97. The van der Waals surface area contributed by atoms with E-state index in [2.05, 4.69) is 5.32 Å². The molecule has 1 heterocycles. The van der Waals surface area contributed by atoms with E-state index in [0.29, 0.717) is 19.1 Å². The molecule has 0 radical (unpaired) electrons. The molecule has 2 atom stereocenters. The van der Waals surface area contributed by atoms with E-state index in [0.717, 1.165) is 35.5 Å². The zero-order chi connectivity index (χ0) is 17.9. The van der Waals surface area contributed by atoms with Crippen molar-refractivity contribution in [2.75, 3.05) is 13.2 Å². The van der Waals surface area contributed by atoms with Crippen molar-refractivity contribution < 1.29 is 14.3 Å². The van der Waals surface area contributed by atoms with Gasteiger partial charge in [0.15, 0.2) is 11.5 Å². The molecule has 0 saturated heterocycles. The van der Waals surface area contributed by atoms with Crippen molar-refractivity contribution in [3.05, 3.63) is 59.7 Å². The summed E-state index contributed by atoms with van der Waals surface area (Å²) in [5.74, 6) is 1.99. The molecule has 2 aromatic rings. The van der Waals surface area contributed by atoms with E-state index in [-0.39, 0.29) is 24.4 Å². The molecule has 26 heavy (non-hydrogen) atoms. The predicted octanol–water partition coefficient (Wildman–Crippen LogP) is 3.12. The molecule has 1 aliphatic carbocycles. The van der Waals surface area contributed by atoms with Gasteiger partial charge in [0.2, 0.25) is 5.91 Å². The van der Waals surface area contributed by atoms with Crippen LogP contribution in [-0.4, -0.2) is 19.1 Å². The molecular weight excluding hydrogens is 328 g/mol. The van der Waals surface area contributed by atoms with Crippen LogP contribution in [0.5, 0.6) is 11.5 Å². The van der Waals surface area contributed by atoms with Crippen molar-refractivity contribution in [3.63, 3.8) is 0 Å². The molecule has 0 spiro atoms. The minimum absolute atomic E-state index is 0.00120. The highest BCUT2D eigenvalue weighted by Gasteiger charge is 2.34. The topological polar surface area (TPSA) is 73.6 Å². The predicted molar refractivity (Wildman–Crippen MR) is 99.0 cm³/mol. The zero-order valence-electron chi connectivity index (χ0n) is 14.7. The van der Waals surface area contributed by atoms with Crippen LogP contribution in [0.4, 0.5) is 0 Å². The van der Waals surface area contributed by atoms with E-state index in [1.807, 2.05) is 48.5 Å². The largest absolute Gasteiger partial charge is 0.486 e. The van der Waals surface area contributed by atoms with Gasteiger partial charge in [-0.15, -0.1) is 0 Å². The summed E-state index contributed by atoms with van der Waals surface area (Å²) in [5, 5.41) is 3.19. The van der Waals surface area contributed by atoms with E-state index < -0.39 is 0 Å². The quantitative estimate of drug-likeness (QED) is 0.838. The van der Waals surface area contributed by atoms with Crippen LogP contribution in [-0.2, 0) is 4.79 Å². The number of hydrogen-bond donors (Lipinski definition) is 2. The molecule has 136 valence electrons. The third-order valence-electron chi connectivity index (χ3n) is 4.97. The van der Waals surface area contributed by atoms with Crippen molar-refractivity contribution in [1.82, 2.24) is 5.32 Å². The average Bonchev–Trinajstić information content (AvgIpc) is 3.51. The fourth-order valence-corrected chi connectivity index (χ4v) is 3.41. The van der Waals surface area contributed by atoms with Gasteiger partial charge >= 0.3 is 0 Å². The Kier molecular flexibility index (Phi) is 4.80. The SMILES string of the molecule is NC(CC(=O)NC(c1ccc2c(c1)OCCO2)C1CC1)c1ccccc1. The van der Waals surface area contributed by atoms with Gasteiger partial charge in [-0.3, -0.25) is 4.79 Å². The molecule has 5 heteroatoms. The van der Waals surface area contributed by atoms with Gasteiger partial charge in [0.25, 0.3) is 0 Å².